The summed E-state index contributed by atoms with van der Waals surface area (Å²) >= 11 is 0. The van der Waals surface area contributed by atoms with Crippen LogP contribution >= 0.6 is 0 Å². The predicted octanol–water partition coefficient (Wildman–Crippen LogP) is 13.1. The zero-order chi connectivity index (χ0) is 41.2. The van der Waals surface area contributed by atoms with Crippen LogP contribution in [0.5, 0.6) is 0 Å². The molecule has 5 aromatic carbocycles. The summed E-state index contributed by atoms with van der Waals surface area (Å²) in [6.45, 7) is 0. The van der Waals surface area contributed by atoms with Crippen molar-refractivity contribution < 1.29 is 20.1 Å². The largest absolute Gasteiger partial charge is 3.00 e. The molecule has 11 rings (SSSR count). The maximum atomic E-state index is 5.20. The van der Waals surface area contributed by atoms with Crippen molar-refractivity contribution in [3.63, 3.8) is 0 Å². The summed E-state index contributed by atoms with van der Waals surface area (Å²) in [5.41, 5.74) is 16.8. The van der Waals surface area contributed by atoms with Gasteiger partial charge in [-0.2, -0.15) is 0 Å². The molecule has 0 fully saturated rings. The number of rotatable bonds is 8. The van der Waals surface area contributed by atoms with Gasteiger partial charge in [-0.3, -0.25) is 0 Å². The Morgan fingerprint density at radius 3 is 1.29 bits per heavy atom. The van der Waals surface area contributed by atoms with Gasteiger partial charge in [-0.05, 0) is 131 Å². The number of fused-ring (bicyclic) bond motifs is 3. The average molecular weight is 982 g/mol. The molecule has 0 saturated heterocycles. The van der Waals surface area contributed by atoms with Gasteiger partial charge in [-0.1, -0.05) is 133 Å². The van der Waals surface area contributed by atoms with Gasteiger partial charge in [-0.15, -0.1) is 47.5 Å². The third-order valence-electron chi connectivity index (χ3n) is 11.1. The second kappa shape index (κ2) is 17.3. The Morgan fingerprint density at radius 1 is 0.349 bits per heavy atom. The maximum absolute atomic E-state index is 5.20. The van der Waals surface area contributed by atoms with Gasteiger partial charge in [0.15, 0.2) is 0 Å². The summed E-state index contributed by atoms with van der Waals surface area (Å²) < 4.78 is 0. The van der Waals surface area contributed by atoms with E-state index in [1.54, 1.807) is 12.4 Å². The summed E-state index contributed by atoms with van der Waals surface area (Å²) in [7, 11) is 0. The van der Waals surface area contributed by atoms with Crippen LogP contribution in [0.1, 0.15) is 0 Å². The molecular formula is C56H33IrN6. The van der Waals surface area contributed by atoms with Crippen molar-refractivity contribution in [2.24, 2.45) is 0 Å². The molecule has 6 aromatic heterocycles. The van der Waals surface area contributed by atoms with Crippen LogP contribution in [-0.2, 0) is 20.1 Å². The molecule has 7 heteroatoms. The van der Waals surface area contributed by atoms with Crippen molar-refractivity contribution in [3.8, 4) is 89.7 Å². The number of pyridine rings is 6. The molecule has 0 aliphatic carbocycles. The predicted molar refractivity (Wildman–Crippen MR) is 248 cm³/mol. The molecule has 6 nitrogen and oxygen atoms in total. The van der Waals surface area contributed by atoms with Crippen LogP contribution < -0.4 is 0 Å². The van der Waals surface area contributed by atoms with Crippen molar-refractivity contribution in [1.82, 2.24) is 29.9 Å². The van der Waals surface area contributed by atoms with E-state index >= 15 is 0 Å². The van der Waals surface area contributed by atoms with Gasteiger partial charge in [0.1, 0.15) is 0 Å². The first-order chi connectivity index (χ1) is 30.7. The molecule has 63 heavy (non-hydrogen) atoms. The third kappa shape index (κ3) is 7.72. The van der Waals surface area contributed by atoms with Crippen molar-refractivity contribution in [2.75, 3.05) is 0 Å². The van der Waals surface area contributed by atoms with E-state index in [1.807, 2.05) is 79.3 Å². The molecule has 11 aromatic rings. The van der Waals surface area contributed by atoms with Crippen LogP contribution in [0.25, 0.3) is 111 Å². The molecular weight excluding hydrogens is 949 g/mol. The average Bonchev–Trinajstić information content (AvgIpc) is 3.36. The summed E-state index contributed by atoms with van der Waals surface area (Å²) in [4.78, 5) is 28.8. The molecule has 0 spiro atoms. The van der Waals surface area contributed by atoms with Gasteiger partial charge in [-0.25, -0.2) is 0 Å². The zero-order valence-electron chi connectivity index (χ0n) is 33.6. The quantitative estimate of drug-likeness (QED) is 0.112. The van der Waals surface area contributed by atoms with Gasteiger partial charge >= 0.3 is 20.1 Å². The number of nitrogens with zero attached hydrogens (tertiary/aromatic N) is 6. The number of benzene rings is 5. The second-order valence-corrected chi connectivity index (χ2v) is 14.9. The topological polar surface area (TPSA) is 77.3 Å². The van der Waals surface area contributed by atoms with Gasteiger partial charge < -0.3 is 29.9 Å². The first-order valence-corrected chi connectivity index (χ1v) is 20.3. The standard InChI is InChI=1S/C56H33N6.Ir/c1-4-16-46(52-25-22-38(35-60-52)50-19-7-9-29-57-50)43(13-1)40-32-41(44-14-2-5-17-47(44)53-26-23-39(36-61-53)51-20-8-10-30-58-51)34-42(33-40)45-15-3-6-18-48(45)54-28-24-49-55(62-54)27-21-37-12-11-31-59-56(37)49;/h1-21,25-36H;/q-3;+3. The van der Waals surface area contributed by atoms with Crippen molar-refractivity contribution in [2.45, 2.75) is 0 Å². The van der Waals surface area contributed by atoms with Crippen LogP contribution in [0, 0.1) is 18.2 Å². The molecule has 0 radical (unpaired) electrons. The number of hydrogen-bond acceptors (Lipinski definition) is 6. The molecule has 0 atom stereocenters. The van der Waals surface area contributed by atoms with E-state index in [4.69, 9.17) is 15.0 Å². The van der Waals surface area contributed by atoms with Gasteiger partial charge in [0.05, 0.1) is 0 Å². The van der Waals surface area contributed by atoms with E-state index < -0.39 is 0 Å². The third-order valence-corrected chi connectivity index (χ3v) is 11.1. The van der Waals surface area contributed by atoms with Crippen LogP contribution in [0.4, 0.5) is 0 Å². The summed E-state index contributed by atoms with van der Waals surface area (Å²) in [6.07, 6.45) is 9.08. The van der Waals surface area contributed by atoms with E-state index in [-0.39, 0.29) is 20.1 Å². The summed E-state index contributed by atoms with van der Waals surface area (Å²) in [6, 6.07) is 68.3. The normalized spacial score (nSPS) is 11.0. The second-order valence-electron chi connectivity index (χ2n) is 14.9. The van der Waals surface area contributed by atoms with Crippen molar-refractivity contribution in [1.29, 1.82) is 0 Å². The fraction of sp³-hybridized carbons (Fsp3) is 0. The zero-order valence-corrected chi connectivity index (χ0v) is 36.0. The Labute approximate surface area is 378 Å². The Bertz CT molecular complexity index is 3250. The molecule has 6 heterocycles. The molecule has 296 valence electrons. The minimum atomic E-state index is 0. The summed E-state index contributed by atoms with van der Waals surface area (Å²) in [5, 5.41) is 1.96. The van der Waals surface area contributed by atoms with E-state index in [1.165, 1.54) is 0 Å². The number of hydrogen-bond donors (Lipinski definition) is 0. The SMILES string of the molecule is [Ir+3].[c-]1cc(-c2ccccc2-c2cc(-c3ccccc3-c3c[c-]c(-c4ccccn4)cn3)cc(-c3ccccc3-c3c[c-]c4c(ccc5cccnc54)n3)c2)ncc1-c1ccccn1. The smallest absolute Gasteiger partial charge is 0.352 e. The van der Waals surface area contributed by atoms with E-state index in [0.29, 0.717) is 0 Å². The van der Waals surface area contributed by atoms with Crippen LogP contribution in [0.2, 0.25) is 0 Å². The van der Waals surface area contributed by atoms with Crippen molar-refractivity contribution in [3.05, 3.63) is 219 Å². The molecule has 0 unspecified atom stereocenters. The van der Waals surface area contributed by atoms with Gasteiger partial charge in [0.25, 0.3) is 0 Å². The minimum Gasteiger partial charge on any atom is -0.352 e. The molecule has 0 bridgehead atoms. The Hall–Kier alpha value is -7.83. The molecule has 0 N–H and O–H groups in total. The van der Waals surface area contributed by atoms with Crippen molar-refractivity contribution >= 4 is 21.8 Å². The van der Waals surface area contributed by atoms with Gasteiger partial charge in [0, 0.05) is 18.6 Å². The minimum absolute atomic E-state index is 0. The number of aromatic nitrogens is 6. The first kappa shape index (κ1) is 39.3. The summed E-state index contributed by atoms with van der Waals surface area (Å²) in [5.74, 6) is 0. The molecule has 0 amide bonds. The Kier molecular flexibility index (Phi) is 10.8. The Balaban J connectivity index is 0.00000471. The van der Waals surface area contributed by atoms with E-state index in [0.717, 1.165) is 111 Å². The van der Waals surface area contributed by atoms with Crippen LogP contribution in [-0.4, -0.2) is 29.9 Å². The molecule has 0 aliphatic heterocycles. The van der Waals surface area contributed by atoms with Gasteiger partial charge in [0.2, 0.25) is 0 Å². The fourth-order valence-electron chi connectivity index (χ4n) is 8.11. The van der Waals surface area contributed by atoms with Crippen LogP contribution in [0.3, 0.4) is 0 Å². The maximum Gasteiger partial charge on any atom is 3.00 e. The molecule has 0 saturated carbocycles. The Morgan fingerprint density at radius 2 is 0.810 bits per heavy atom. The van der Waals surface area contributed by atoms with Crippen LogP contribution in [0.15, 0.2) is 201 Å². The van der Waals surface area contributed by atoms with E-state index in [9.17, 15) is 0 Å². The van der Waals surface area contributed by atoms with E-state index in [2.05, 4.69) is 142 Å². The molecule has 0 aliphatic rings. The fourth-order valence-corrected chi connectivity index (χ4v) is 8.11. The monoisotopic (exact) mass is 982 g/mol. The first-order valence-electron chi connectivity index (χ1n) is 20.3.